The molecule has 5 rings (SSSR count). The lowest BCUT2D eigenvalue weighted by Crippen LogP contribution is -2.55. The Hall–Kier alpha value is -3.38. The molecule has 3 aliphatic heterocycles. The van der Waals surface area contributed by atoms with E-state index in [-0.39, 0.29) is 31.2 Å². The van der Waals surface area contributed by atoms with Crippen molar-refractivity contribution in [3.63, 3.8) is 0 Å². The molecule has 9 nitrogen and oxygen atoms in total. The zero-order valence-electron chi connectivity index (χ0n) is 21.0. The van der Waals surface area contributed by atoms with E-state index in [1.807, 2.05) is 13.8 Å². The lowest BCUT2D eigenvalue weighted by Gasteiger charge is -2.50. The Morgan fingerprint density at radius 1 is 1.16 bits per heavy atom. The molecule has 0 spiro atoms. The molecule has 0 saturated carbocycles. The van der Waals surface area contributed by atoms with Crippen LogP contribution in [0.3, 0.4) is 0 Å². The van der Waals surface area contributed by atoms with E-state index in [0.717, 1.165) is 6.07 Å². The Labute approximate surface area is 217 Å². The average molecular weight is 532 g/mol. The second-order valence-electron chi connectivity index (χ2n) is 10.8. The van der Waals surface area contributed by atoms with E-state index in [4.69, 9.17) is 0 Å². The van der Waals surface area contributed by atoms with Crippen LogP contribution < -0.4 is 5.32 Å². The molecule has 0 bridgehead atoms. The smallest absolute Gasteiger partial charge is 0.383 e. The summed E-state index contributed by atoms with van der Waals surface area (Å²) in [6.45, 7) is 5.22. The molecule has 2 aromatic heterocycles. The van der Waals surface area contributed by atoms with E-state index in [0.29, 0.717) is 48.6 Å². The van der Waals surface area contributed by atoms with Gasteiger partial charge in [0.2, 0.25) is 11.8 Å². The van der Waals surface area contributed by atoms with E-state index in [1.165, 1.54) is 17.2 Å². The van der Waals surface area contributed by atoms with Gasteiger partial charge in [-0.2, -0.15) is 13.2 Å². The van der Waals surface area contributed by atoms with Crippen LogP contribution >= 0.6 is 0 Å². The largest absolute Gasteiger partial charge is 0.433 e. The van der Waals surface area contributed by atoms with Crippen LogP contribution in [-0.4, -0.2) is 61.7 Å². The lowest BCUT2D eigenvalue weighted by atomic mass is 9.68. The van der Waals surface area contributed by atoms with Crippen LogP contribution in [0.1, 0.15) is 66.1 Å². The maximum absolute atomic E-state index is 13.0. The number of carbonyl (C=O) groups excluding carboxylic acids is 3. The van der Waals surface area contributed by atoms with Gasteiger partial charge in [0, 0.05) is 37.7 Å². The number of nitrogens with one attached hydrogen (secondary N) is 1. The fourth-order valence-electron chi connectivity index (χ4n) is 5.65. The number of imide groups is 1. The van der Waals surface area contributed by atoms with Crippen molar-refractivity contribution in [3.05, 3.63) is 58.7 Å². The van der Waals surface area contributed by atoms with E-state index >= 15 is 0 Å². The number of halogens is 3. The van der Waals surface area contributed by atoms with Crippen LogP contribution in [0.15, 0.2) is 30.5 Å². The van der Waals surface area contributed by atoms with Gasteiger partial charge in [-0.3, -0.25) is 34.6 Å². The highest BCUT2D eigenvalue weighted by molar-refractivity contribution is 6.05. The van der Waals surface area contributed by atoms with E-state index in [2.05, 4.69) is 20.2 Å². The SMILES string of the molecule is CC1(C)CN(Cc2ccc(C(F)(F)F)nc2)CC[C@]1(O)c1ccc2c(n1)CN([C@H]1CCC(=O)NC1=O)C2=O. The van der Waals surface area contributed by atoms with Gasteiger partial charge in [-0.1, -0.05) is 19.9 Å². The zero-order valence-corrected chi connectivity index (χ0v) is 21.0. The first-order chi connectivity index (χ1) is 17.8. The molecule has 2 aromatic rings. The van der Waals surface area contributed by atoms with Crippen molar-refractivity contribution in [1.29, 1.82) is 0 Å². The number of hydrogen-bond donors (Lipinski definition) is 2. The number of aliphatic hydroxyl groups is 1. The number of carbonyl (C=O) groups is 3. The third-order valence-electron chi connectivity index (χ3n) is 7.85. The first-order valence-electron chi connectivity index (χ1n) is 12.4. The van der Waals surface area contributed by atoms with Gasteiger partial charge in [0.1, 0.15) is 17.3 Å². The molecule has 2 atom stereocenters. The summed E-state index contributed by atoms with van der Waals surface area (Å²) in [5.41, 5.74) is -1.03. The molecular formula is C26H28F3N5O4. The van der Waals surface area contributed by atoms with Gasteiger partial charge in [0.25, 0.3) is 5.91 Å². The summed E-state index contributed by atoms with van der Waals surface area (Å²) in [5.74, 6) is -1.20. The number of aromatic nitrogens is 2. The number of amides is 3. The number of pyridine rings is 2. The summed E-state index contributed by atoms with van der Waals surface area (Å²) < 4.78 is 38.5. The second-order valence-corrected chi connectivity index (χ2v) is 10.8. The van der Waals surface area contributed by atoms with Gasteiger partial charge < -0.3 is 10.0 Å². The van der Waals surface area contributed by atoms with Crippen molar-refractivity contribution in [1.82, 2.24) is 25.1 Å². The summed E-state index contributed by atoms with van der Waals surface area (Å²) in [6.07, 6.45) is -2.54. The van der Waals surface area contributed by atoms with Gasteiger partial charge in [0.15, 0.2) is 0 Å². The monoisotopic (exact) mass is 531 g/mol. The Balaban J connectivity index is 1.31. The first-order valence-corrected chi connectivity index (χ1v) is 12.4. The number of alkyl halides is 3. The maximum Gasteiger partial charge on any atom is 0.433 e. The fraction of sp³-hybridized carbons (Fsp3) is 0.500. The van der Waals surface area contributed by atoms with Crippen molar-refractivity contribution in [3.8, 4) is 0 Å². The first kappa shape index (κ1) is 26.2. The molecule has 2 saturated heterocycles. The molecular weight excluding hydrogens is 503 g/mol. The minimum absolute atomic E-state index is 0.109. The van der Waals surface area contributed by atoms with Crippen LogP contribution in [-0.2, 0) is 34.5 Å². The second kappa shape index (κ2) is 9.12. The number of hydrogen-bond acceptors (Lipinski definition) is 7. The molecule has 0 radical (unpaired) electrons. The number of rotatable bonds is 4. The molecule has 12 heteroatoms. The number of nitrogens with zero attached hydrogens (tertiary/aromatic N) is 4. The van der Waals surface area contributed by atoms with Crippen molar-refractivity contribution in [2.24, 2.45) is 5.41 Å². The highest BCUT2D eigenvalue weighted by Gasteiger charge is 2.50. The van der Waals surface area contributed by atoms with E-state index < -0.39 is 34.8 Å². The highest BCUT2D eigenvalue weighted by Crippen LogP contribution is 2.46. The Bertz CT molecular complexity index is 1300. The molecule has 0 aliphatic carbocycles. The lowest BCUT2D eigenvalue weighted by molar-refractivity contribution is -0.141. The van der Waals surface area contributed by atoms with Crippen molar-refractivity contribution >= 4 is 17.7 Å². The van der Waals surface area contributed by atoms with Crippen LogP contribution in [0.2, 0.25) is 0 Å². The fourth-order valence-corrected chi connectivity index (χ4v) is 5.65. The molecule has 5 heterocycles. The van der Waals surface area contributed by atoms with Crippen LogP contribution in [0, 0.1) is 5.41 Å². The topological polar surface area (TPSA) is 116 Å². The summed E-state index contributed by atoms with van der Waals surface area (Å²) >= 11 is 0. The van der Waals surface area contributed by atoms with Gasteiger partial charge in [-0.05, 0) is 36.6 Å². The highest BCUT2D eigenvalue weighted by atomic mass is 19.4. The van der Waals surface area contributed by atoms with Gasteiger partial charge in [0.05, 0.1) is 23.5 Å². The van der Waals surface area contributed by atoms with Crippen molar-refractivity contribution in [2.45, 2.75) is 64.0 Å². The number of piperidine rings is 2. The summed E-state index contributed by atoms with van der Waals surface area (Å²) in [6, 6.07) is 4.90. The van der Waals surface area contributed by atoms with Gasteiger partial charge in [-0.25, -0.2) is 0 Å². The summed E-state index contributed by atoms with van der Waals surface area (Å²) in [5, 5.41) is 14.1. The number of likely N-dealkylation sites (tertiary alicyclic amines) is 1. The molecule has 0 unspecified atom stereocenters. The molecule has 202 valence electrons. The van der Waals surface area contributed by atoms with E-state index in [9.17, 15) is 32.7 Å². The third kappa shape index (κ3) is 4.55. The van der Waals surface area contributed by atoms with E-state index in [1.54, 1.807) is 12.1 Å². The quantitative estimate of drug-likeness (QED) is 0.582. The van der Waals surface area contributed by atoms with Crippen LogP contribution in [0.4, 0.5) is 13.2 Å². The predicted octanol–water partition coefficient (Wildman–Crippen LogP) is 2.38. The molecule has 3 aliphatic rings. The van der Waals surface area contributed by atoms with Crippen LogP contribution in [0.25, 0.3) is 0 Å². The maximum atomic E-state index is 13.0. The van der Waals surface area contributed by atoms with Crippen molar-refractivity contribution < 1.29 is 32.7 Å². The normalized spacial score (nSPS) is 25.9. The number of fused-ring (bicyclic) bond motifs is 1. The molecule has 3 amide bonds. The molecule has 2 fully saturated rings. The predicted molar refractivity (Wildman–Crippen MR) is 127 cm³/mol. The van der Waals surface area contributed by atoms with Crippen LogP contribution in [0.5, 0.6) is 0 Å². The summed E-state index contributed by atoms with van der Waals surface area (Å²) in [4.78, 5) is 48.5. The molecule has 0 aromatic carbocycles. The molecule has 38 heavy (non-hydrogen) atoms. The van der Waals surface area contributed by atoms with Gasteiger partial charge in [-0.15, -0.1) is 0 Å². The van der Waals surface area contributed by atoms with Crippen molar-refractivity contribution in [2.75, 3.05) is 13.1 Å². The zero-order chi connectivity index (χ0) is 27.5. The Morgan fingerprint density at radius 3 is 2.55 bits per heavy atom. The minimum Gasteiger partial charge on any atom is -0.383 e. The molecule has 2 N–H and O–H groups in total. The summed E-state index contributed by atoms with van der Waals surface area (Å²) in [7, 11) is 0. The Morgan fingerprint density at radius 2 is 1.92 bits per heavy atom. The average Bonchev–Trinajstić information content (AvgIpc) is 3.16. The standard InChI is InChI=1S/C26H28F3N5O4/c1-24(2)14-33(12-15-3-6-20(30-11-15)26(27,28)29)10-9-25(24,38)19-7-4-16-17(31-19)13-34(23(16)37)18-5-8-21(35)32-22(18)36/h3-4,6-7,11,18,38H,5,8-10,12-14H2,1-2H3,(H,32,35,36)/t18-,25-/m0/s1. The minimum atomic E-state index is -4.49. The van der Waals surface area contributed by atoms with Gasteiger partial charge >= 0.3 is 6.18 Å². The Kier molecular flexibility index (Phi) is 6.30. The third-order valence-corrected chi connectivity index (χ3v) is 7.85.